The number of aromatic nitrogens is 3. The SMILES string of the molecule is COc1ccccc1N1CCN(CCn2c(=O)[nH]c3[nH]c(-c4ccc(OCc5ccccc5)cc4)cc3c2=O)CC1. The van der Waals surface area contributed by atoms with E-state index in [1.54, 1.807) is 13.2 Å². The van der Waals surface area contributed by atoms with Gasteiger partial charge in [0.1, 0.15) is 23.8 Å². The first kappa shape index (κ1) is 26.5. The fourth-order valence-electron chi connectivity index (χ4n) is 5.31. The standard InChI is InChI=1S/C32H33N5O4/c1-40-29-10-6-5-9-28(29)36-18-15-35(16-19-36)17-20-37-31(38)26-21-27(33-30(26)34-32(37)39)24-11-13-25(14-12-24)41-22-23-7-3-2-4-8-23/h2-14,21,33H,15-20,22H2,1H3,(H,34,39). The second-order valence-corrected chi connectivity index (χ2v) is 10.2. The number of H-pyrrole nitrogens is 2. The topological polar surface area (TPSA) is 95.6 Å². The minimum Gasteiger partial charge on any atom is -0.495 e. The third-order valence-electron chi connectivity index (χ3n) is 7.62. The van der Waals surface area contributed by atoms with Gasteiger partial charge in [-0.15, -0.1) is 0 Å². The second kappa shape index (κ2) is 11.8. The molecule has 9 nitrogen and oxygen atoms in total. The van der Waals surface area contributed by atoms with Gasteiger partial charge in [0, 0.05) is 45.0 Å². The highest BCUT2D eigenvalue weighted by atomic mass is 16.5. The first-order valence-corrected chi connectivity index (χ1v) is 13.8. The van der Waals surface area contributed by atoms with Crippen LogP contribution < -0.4 is 25.6 Å². The molecule has 0 amide bonds. The predicted octanol–water partition coefficient (Wildman–Crippen LogP) is 4.09. The second-order valence-electron chi connectivity index (χ2n) is 10.2. The van der Waals surface area contributed by atoms with E-state index in [9.17, 15) is 9.59 Å². The van der Waals surface area contributed by atoms with E-state index in [1.807, 2.05) is 72.8 Å². The zero-order chi connectivity index (χ0) is 28.2. The Hall–Kier alpha value is -4.76. The molecule has 1 fully saturated rings. The molecule has 0 spiro atoms. The maximum Gasteiger partial charge on any atom is 0.329 e. The van der Waals surface area contributed by atoms with Gasteiger partial charge in [0.15, 0.2) is 0 Å². The smallest absolute Gasteiger partial charge is 0.329 e. The molecule has 1 saturated heterocycles. The van der Waals surface area contributed by atoms with E-state index >= 15 is 0 Å². The molecule has 0 aliphatic carbocycles. The zero-order valence-corrected chi connectivity index (χ0v) is 23.0. The van der Waals surface area contributed by atoms with Crippen LogP contribution in [0.15, 0.2) is 94.5 Å². The van der Waals surface area contributed by atoms with Crippen LogP contribution in [-0.4, -0.2) is 59.3 Å². The molecule has 3 aromatic carbocycles. The Labute approximate surface area is 237 Å². The maximum atomic E-state index is 13.3. The summed E-state index contributed by atoms with van der Waals surface area (Å²) in [5.41, 5.74) is 3.57. The molecule has 3 heterocycles. The summed E-state index contributed by atoms with van der Waals surface area (Å²) in [6, 6.07) is 27.5. The molecule has 41 heavy (non-hydrogen) atoms. The first-order chi connectivity index (χ1) is 20.1. The largest absolute Gasteiger partial charge is 0.495 e. The number of fused-ring (bicyclic) bond motifs is 1. The Kier molecular flexibility index (Phi) is 7.60. The molecule has 2 aromatic heterocycles. The van der Waals surface area contributed by atoms with Crippen molar-refractivity contribution in [3.8, 4) is 22.8 Å². The summed E-state index contributed by atoms with van der Waals surface area (Å²) >= 11 is 0. The lowest BCUT2D eigenvalue weighted by atomic mass is 10.1. The third kappa shape index (κ3) is 5.76. The van der Waals surface area contributed by atoms with E-state index in [4.69, 9.17) is 9.47 Å². The van der Waals surface area contributed by atoms with E-state index in [2.05, 4.69) is 25.8 Å². The summed E-state index contributed by atoms with van der Waals surface area (Å²) in [4.78, 5) is 36.8. The number of benzene rings is 3. The Bertz CT molecular complexity index is 1730. The number of hydrogen-bond acceptors (Lipinski definition) is 6. The lowest BCUT2D eigenvalue weighted by molar-refractivity contribution is 0.245. The normalized spacial score (nSPS) is 13.9. The molecule has 1 aliphatic heterocycles. The number of rotatable bonds is 9. The van der Waals surface area contributed by atoms with Crippen molar-refractivity contribution in [3.63, 3.8) is 0 Å². The van der Waals surface area contributed by atoms with E-state index in [1.165, 1.54) is 4.57 Å². The molecular weight excluding hydrogens is 518 g/mol. The van der Waals surface area contributed by atoms with Gasteiger partial charge < -0.3 is 19.4 Å². The van der Waals surface area contributed by atoms with Gasteiger partial charge in [-0.2, -0.15) is 0 Å². The summed E-state index contributed by atoms with van der Waals surface area (Å²) in [5, 5.41) is 0.463. The third-order valence-corrected chi connectivity index (χ3v) is 7.62. The Balaban J connectivity index is 1.10. The summed E-state index contributed by atoms with van der Waals surface area (Å²) in [5.74, 6) is 1.62. The van der Waals surface area contributed by atoms with Crippen molar-refractivity contribution in [3.05, 3.63) is 111 Å². The van der Waals surface area contributed by atoms with E-state index < -0.39 is 5.69 Å². The Morgan fingerprint density at radius 2 is 1.54 bits per heavy atom. The van der Waals surface area contributed by atoms with Crippen LogP contribution in [0.3, 0.4) is 0 Å². The van der Waals surface area contributed by atoms with Crippen molar-refractivity contribution in [1.82, 2.24) is 19.4 Å². The molecule has 2 N–H and O–H groups in total. The van der Waals surface area contributed by atoms with Crippen LogP contribution >= 0.6 is 0 Å². The van der Waals surface area contributed by atoms with Gasteiger partial charge in [0.05, 0.1) is 18.2 Å². The number of hydrogen-bond donors (Lipinski definition) is 2. The van der Waals surface area contributed by atoms with Crippen molar-refractivity contribution in [1.29, 1.82) is 0 Å². The van der Waals surface area contributed by atoms with Crippen LogP contribution in [0.1, 0.15) is 5.56 Å². The molecule has 0 saturated carbocycles. The minimum absolute atomic E-state index is 0.290. The van der Waals surface area contributed by atoms with Crippen molar-refractivity contribution in [2.45, 2.75) is 13.2 Å². The fourth-order valence-corrected chi connectivity index (χ4v) is 5.31. The summed E-state index contributed by atoms with van der Waals surface area (Å²) in [6.45, 7) is 4.82. The van der Waals surface area contributed by atoms with Crippen molar-refractivity contribution in [2.75, 3.05) is 44.7 Å². The summed E-state index contributed by atoms with van der Waals surface area (Å²) in [7, 11) is 1.69. The monoisotopic (exact) mass is 551 g/mol. The van der Waals surface area contributed by atoms with Gasteiger partial charge in [-0.3, -0.25) is 19.2 Å². The number of aromatic amines is 2. The number of ether oxygens (including phenoxy) is 2. The van der Waals surface area contributed by atoms with E-state index in [0.29, 0.717) is 30.7 Å². The summed E-state index contributed by atoms with van der Waals surface area (Å²) < 4.78 is 12.7. The molecule has 0 atom stereocenters. The number of methoxy groups -OCH3 is 1. The average molecular weight is 552 g/mol. The molecule has 6 rings (SSSR count). The van der Waals surface area contributed by atoms with Gasteiger partial charge >= 0.3 is 5.69 Å². The molecule has 0 unspecified atom stereocenters. The molecule has 0 bridgehead atoms. The van der Waals surface area contributed by atoms with Gasteiger partial charge in [-0.25, -0.2) is 4.79 Å². The molecule has 0 radical (unpaired) electrons. The highest BCUT2D eigenvalue weighted by Gasteiger charge is 2.20. The van der Waals surface area contributed by atoms with Crippen LogP contribution in [0, 0.1) is 0 Å². The average Bonchev–Trinajstić information content (AvgIpc) is 3.45. The molecule has 1 aliphatic rings. The highest BCUT2D eigenvalue weighted by Crippen LogP contribution is 2.28. The zero-order valence-electron chi connectivity index (χ0n) is 23.0. The molecule has 210 valence electrons. The van der Waals surface area contributed by atoms with Gasteiger partial charge in [0.25, 0.3) is 5.56 Å². The van der Waals surface area contributed by atoms with Crippen molar-refractivity contribution in [2.24, 2.45) is 0 Å². The minimum atomic E-state index is -0.409. The molecule has 9 heteroatoms. The number of piperazine rings is 1. The maximum absolute atomic E-state index is 13.3. The fraction of sp³-hybridized carbons (Fsp3) is 0.250. The van der Waals surface area contributed by atoms with E-state index in [0.717, 1.165) is 60.2 Å². The Morgan fingerprint density at radius 1 is 0.805 bits per heavy atom. The lowest BCUT2D eigenvalue weighted by Gasteiger charge is -2.36. The van der Waals surface area contributed by atoms with Crippen molar-refractivity contribution < 1.29 is 9.47 Å². The van der Waals surface area contributed by atoms with Crippen LogP contribution in [0.5, 0.6) is 11.5 Å². The Morgan fingerprint density at radius 3 is 2.29 bits per heavy atom. The highest BCUT2D eigenvalue weighted by molar-refractivity contribution is 5.82. The van der Waals surface area contributed by atoms with Gasteiger partial charge in [0.2, 0.25) is 0 Å². The van der Waals surface area contributed by atoms with E-state index in [-0.39, 0.29) is 5.56 Å². The van der Waals surface area contributed by atoms with Gasteiger partial charge in [-0.05, 0) is 53.6 Å². The van der Waals surface area contributed by atoms with Crippen LogP contribution in [0.2, 0.25) is 0 Å². The lowest BCUT2D eigenvalue weighted by Crippen LogP contribution is -2.48. The predicted molar refractivity (Wildman–Crippen MR) is 161 cm³/mol. The number of para-hydroxylation sites is 2. The quantitative estimate of drug-likeness (QED) is 0.287. The number of nitrogens with zero attached hydrogens (tertiary/aromatic N) is 3. The summed E-state index contributed by atoms with van der Waals surface area (Å²) in [6.07, 6.45) is 0. The molecule has 5 aromatic rings. The van der Waals surface area contributed by atoms with Gasteiger partial charge in [-0.1, -0.05) is 42.5 Å². The first-order valence-electron chi connectivity index (χ1n) is 13.8. The van der Waals surface area contributed by atoms with Crippen LogP contribution in [-0.2, 0) is 13.2 Å². The number of nitrogens with one attached hydrogen (secondary N) is 2. The van der Waals surface area contributed by atoms with Crippen LogP contribution in [0.4, 0.5) is 5.69 Å². The van der Waals surface area contributed by atoms with Crippen molar-refractivity contribution >= 4 is 16.7 Å². The number of anilines is 1. The van der Waals surface area contributed by atoms with Crippen LogP contribution in [0.25, 0.3) is 22.3 Å². The molecular formula is C32H33N5O4.